The maximum Gasteiger partial charge on any atom is 0.176 e. The third-order valence-electron chi connectivity index (χ3n) is 2.01. The molecule has 0 bridgehead atoms. The number of carbonyl (C=O) groups is 1. The number of rotatable bonds is 2. The van der Waals surface area contributed by atoms with Crippen molar-refractivity contribution in [3.63, 3.8) is 0 Å². The zero-order valence-electron chi connectivity index (χ0n) is 8.10. The summed E-state index contributed by atoms with van der Waals surface area (Å²) in [5, 5.41) is 0. The fourth-order valence-electron chi connectivity index (χ4n) is 1.30. The summed E-state index contributed by atoms with van der Waals surface area (Å²) in [6.07, 6.45) is 0. The van der Waals surface area contributed by atoms with Gasteiger partial charge in [0.15, 0.2) is 5.78 Å². The van der Waals surface area contributed by atoms with E-state index < -0.39 is 0 Å². The van der Waals surface area contributed by atoms with Crippen molar-refractivity contribution in [1.82, 2.24) is 0 Å². The van der Waals surface area contributed by atoms with E-state index in [0.29, 0.717) is 0 Å². The predicted molar refractivity (Wildman–Crippen MR) is 58.6 cm³/mol. The molecule has 2 heteroatoms. The molecule has 0 heterocycles. The molecule has 0 aliphatic carbocycles. The van der Waals surface area contributed by atoms with Crippen molar-refractivity contribution in [2.24, 2.45) is 0 Å². The molecule has 0 aliphatic rings. The van der Waals surface area contributed by atoms with Gasteiger partial charge < -0.3 is 0 Å². The Labute approximate surface area is 87.3 Å². The van der Waals surface area contributed by atoms with Crippen molar-refractivity contribution in [2.75, 3.05) is 0 Å². The molecular weight excluding hydrogens is 228 g/mol. The molecule has 1 aromatic carbocycles. The van der Waals surface area contributed by atoms with Crippen LogP contribution >= 0.6 is 15.9 Å². The highest BCUT2D eigenvalue weighted by molar-refractivity contribution is 9.10. The maximum atomic E-state index is 11.6. The quantitative estimate of drug-likeness (QED) is 0.573. The summed E-state index contributed by atoms with van der Waals surface area (Å²) in [7, 11) is 0. The van der Waals surface area contributed by atoms with E-state index in [0.717, 1.165) is 11.1 Å². The molecule has 0 amide bonds. The summed E-state index contributed by atoms with van der Waals surface area (Å²) in [5.41, 5.74) is 3.06. The summed E-state index contributed by atoms with van der Waals surface area (Å²) in [4.78, 5) is 11.5. The van der Waals surface area contributed by atoms with Crippen LogP contribution in [0.25, 0.3) is 0 Å². The summed E-state index contributed by atoms with van der Waals surface area (Å²) >= 11 is 3.28. The molecular formula is C11H13BrO. The molecule has 0 aromatic heterocycles. The highest BCUT2D eigenvalue weighted by Gasteiger charge is 2.13. The summed E-state index contributed by atoms with van der Waals surface area (Å²) < 4.78 is 0. The summed E-state index contributed by atoms with van der Waals surface area (Å²) in [5.74, 6) is 0.150. The van der Waals surface area contributed by atoms with Gasteiger partial charge in [-0.25, -0.2) is 0 Å². The van der Waals surface area contributed by atoms with Gasteiger partial charge in [-0.15, -0.1) is 0 Å². The van der Waals surface area contributed by atoms with E-state index >= 15 is 0 Å². The molecule has 0 unspecified atom stereocenters. The van der Waals surface area contributed by atoms with E-state index in [1.54, 1.807) is 0 Å². The molecule has 1 rings (SSSR count). The average Bonchev–Trinajstić information content (AvgIpc) is 2.03. The molecule has 0 fully saturated rings. The van der Waals surface area contributed by atoms with Crippen molar-refractivity contribution in [2.45, 2.75) is 25.6 Å². The SMILES string of the molecule is Cc1ccc(C(=O)[C@H](C)Br)c(C)c1. The van der Waals surface area contributed by atoms with E-state index in [-0.39, 0.29) is 10.6 Å². The third kappa shape index (κ3) is 2.41. The summed E-state index contributed by atoms with van der Waals surface area (Å²) in [6, 6.07) is 5.89. The van der Waals surface area contributed by atoms with Crippen LogP contribution in [0.4, 0.5) is 0 Å². The van der Waals surface area contributed by atoms with Gasteiger partial charge in [-0.3, -0.25) is 4.79 Å². The van der Waals surface area contributed by atoms with Crippen molar-refractivity contribution in [3.8, 4) is 0 Å². The molecule has 13 heavy (non-hydrogen) atoms. The van der Waals surface area contributed by atoms with Crippen LogP contribution in [-0.2, 0) is 0 Å². The highest BCUT2D eigenvalue weighted by Crippen LogP contribution is 2.15. The van der Waals surface area contributed by atoms with Crippen LogP contribution < -0.4 is 0 Å². The average molecular weight is 241 g/mol. The number of benzene rings is 1. The Kier molecular flexibility index (Phi) is 3.26. The van der Waals surface area contributed by atoms with Crippen molar-refractivity contribution >= 4 is 21.7 Å². The maximum absolute atomic E-state index is 11.6. The minimum atomic E-state index is -0.103. The minimum Gasteiger partial charge on any atom is -0.293 e. The Hall–Kier alpha value is -0.630. The second kappa shape index (κ2) is 4.05. The first-order valence-corrected chi connectivity index (χ1v) is 5.19. The Morgan fingerprint density at radius 1 is 1.38 bits per heavy atom. The smallest absolute Gasteiger partial charge is 0.176 e. The highest BCUT2D eigenvalue weighted by atomic mass is 79.9. The molecule has 0 spiro atoms. The largest absolute Gasteiger partial charge is 0.293 e. The second-order valence-electron chi connectivity index (χ2n) is 3.30. The van der Waals surface area contributed by atoms with E-state index in [1.165, 1.54) is 5.56 Å². The number of hydrogen-bond acceptors (Lipinski definition) is 1. The second-order valence-corrected chi connectivity index (χ2v) is 4.67. The lowest BCUT2D eigenvalue weighted by molar-refractivity contribution is 0.0995. The molecule has 0 N–H and O–H groups in total. The monoisotopic (exact) mass is 240 g/mol. The summed E-state index contributed by atoms with van der Waals surface area (Å²) in [6.45, 7) is 5.84. The molecule has 0 saturated heterocycles. The van der Waals surface area contributed by atoms with Crippen LogP contribution in [0.15, 0.2) is 18.2 Å². The molecule has 0 aliphatic heterocycles. The number of Topliss-reactive ketones (excluding diaryl/α,β-unsaturated/α-hetero) is 1. The van der Waals surface area contributed by atoms with Gasteiger partial charge in [0.05, 0.1) is 4.83 Å². The standard InChI is InChI=1S/C11H13BrO/c1-7-4-5-10(8(2)6-7)11(13)9(3)12/h4-6,9H,1-3H3/t9-/m0/s1. The number of halogens is 1. The fraction of sp³-hybridized carbons (Fsp3) is 0.364. The van der Waals surface area contributed by atoms with Crippen LogP contribution in [0.5, 0.6) is 0 Å². The molecule has 1 nitrogen and oxygen atoms in total. The lowest BCUT2D eigenvalue weighted by Crippen LogP contribution is -2.11. The first-order valence-electron chi connectivity index (χ1n) is 4.28. The lowest BCUT2D eigenvalue weighted by Gasteiger charge is -2.06. The first-order chi connectivity index (χ1) is 6.02. The normalized spacial score (nSPS) is 12.6. The Morgan fingerprint density at radius 2 is 2.00 bits per heavy atom. The van der Waals surface area contributed by atoms with Gasteiger partial charge in [0.1, 0.15) is 0 Å². The number of ketones is 1. The minimum absolute atomic E-state index is 0.103. The first kappa shape index (κ1) is 10.5. The molecule has 0 saturated carbocycles. The van der Waals surface area contributed by atoms with Gasteiger partial charge in [-0.05, 0) is 26.3 Å². The molecule has 0 radical (unpaired) electrons. The van der Waals surface area contributed by atoms with Gasteiger partial charge in [0.25, 0.3) is 0 Å². The third-order valence-corrected chi connectivity index (χ3v) is 2.42. The molecule has 1 aromatic rings. The van der Waals surface area contributed by atoms with E-state index in [9.17, 15) is 4.79 Å². The van der Waals surface area contributed by atoms with E-state index in [4.69, 9.17) is 0 Å². The van der Waals surface area contributed by atoms with Crippen LogP contribution in [0.1, 0.15) is 28.4 Å². The zero-order chi connectivity index (χ0) is 10.0. The van der Waals surface area contributed by atoms with Crippen molar-refractivity contribution in [1.29, 1.82) is 0 Å². The van der Waals surface area contributed by atoms with Gasteiger partial charge in [0, 0.05) is 5.56 Å². The number of aryl methyl sites for hydroxylation is 2. The predicted octanol–water partition coefficient (Wildman–Crippen LogP) is 3.27. The fourth-order valence-corrected chi connectivity index (χ4v) is 1.55. The Balaban J connectivity index is 3.09. The lowest BCUT2D eigenvalue weighted by atomic mass is 10.0. The van der Waals surface area contributed by atoms with E-state index in [2.05, 4.69) is 15.9 Å². The zero-order valence-corrected chi connectivity index (χ0v) is 9.68. The molecule has 70 valence electrons. The van der Waals surface area contributed by atoms with Gasteiger partial charge >= 0.3 is 0 Å². The van der Waals surface area contributed by atoms with Crippen molar-refractivity contribution in [3.05, 3.63) is 34.9 Å². The van der Waals surface area contributed by atoms with Crippen LogP contribution in [-0.4, -0.2) is 10.6 Å². The van der Waals surface area contributed by atoms with Crippen molar-refractivity contribution < 1.29 is 4.79 Å². The Bertz CT molecular complexity index is 329. The number of alkyl halides is 1. The number of hydrogen-bond donors (Lipinski definition) is 0. The van der Waals surface area contributed by atoms with Gasteiger partial charge in [-0.1, -0.05) is 39.7 Å². The topological polar surface area (TPSA) is 17.1 Å². The van der Waals surface area contributed by atoms with E-state index in [1.807, 2.05) is 39.0 Å². The van der Waals surface area contributed by atoms with Gasteiger partial charge in [0.2, 0.25) is 0 Å². The van der Waals surface area contributed by atoms with Crippen LogP contribution in [0.2, 0.25) is 0 Å². The molecule has 1 atom stereocenters. The van der Waals surface area contributed by atoms with Gasteiger partial charge in [-0.2, -0.15) is 0 Å². The number of carbonyl (C=O) groups excluding carboxylic acids is 1. The van der Waals surface area contributed by atoms with Crippen LogP contribution in [0.3, 0.4) is 0 Å². The Morgan fingerprint density at radius 3 is 2.46 bits per heavy atom. The van der Waals surface area contributed by atoms with Crippen LogP contribution in [0, 0.1) is 13.8 Å².